The first kappa shape index (κ1) is 11.2. The van der Waals surface area contributed by atoms with Crippen LogP contribution < -0.4 is 0 Å². The van der Waals surface area contributed by atoms with Crippen LogP contribution in [0.4, 0.5) is 0 Å². The van der Waals surface area contributed by atoms with E-state index in [0.29, 0.717) is 12.3 Å². The van der Waals surface area contributed by atoms with Gasteiger partial charge < -0.3 is 10.0 Å². The van der Waals surface area contributed by atoms with E-state index in [1.54, 1.807) is 0 Å². The van der Waals surface area contributed by atoms with Gasteiger partial charge >= 0.3 is 5.97 Å². The normalized spacial score (nSPS) is 23.4. The Morgan fingerprint density at radius 2 is 2.06 bits per heavy atom. The highest BCUT2D eigenvalue weighted by Crippen LogP contribution is 2.29. The van der Waals surface area contributed by atoms with Gasteiger partial charge in [0.1, 0.15) is 6.54 Å². The van der Waals surface area contributed by atoms with Crippen molar-refractivity contribution in [2.45, 2.75) is 38.1 Å². The van der Waals surface area contributed by atoms with E-state index in [1.165, 1.54) is 4.90 Å². The monoisotopic (exact) mass is 223 g/mol. The molecule has 1 N–H and O–H groups in total. The molecule has 4 heteroatoms. The molecule has 2 aliphatic rings. The summed E-state index contributed by atoms with van der Waals surface area (Å²) >= 11 is 0. The summed E-state index contributed by atoms with van der Waals surface area (Å²) in [6.07, 6.45) is 8.62. The minimum Gasteiger partial charge on any atom is -0.480 e. The van der Waals surface area contributed by atoms with E-state index in [4.69, 9.17) is 5.11 Å². The van der Waals surface area contributed by atoms with Crippen LogP contribution >= 0.6 is 0 Å². The van der Waals surface area contributed by atoms with Crippen molar-refractivity contribution >= 4 is 11.9 Å². The Balaban J connectivity index is 1.88. The van der Waals surface area contributed by atoms with Gasteiger partial charge in [0.15, 0.2) is 0 Å². The molecule has 16 heavy (non-hydrogen) atoms. The molecule has 0 aromatic carbocycles. The van der Waals surface area contributed by atoms with Crippen molar-refractivity contribution in [1.82, 2.24) is 4.90 Å². The van der Waals surface area contributed by atoms with Gasteiger partial charge in [0.05, 0.1) is 0 Å². The Morgan fingerprint density at radius 1 is 1.31 bits per heavy atom. The molecule has 0 aliphatic heterocycles. The van der Waals surface area contributed by atoms with Crippen LogP contribution in [0.2, 0.25) is 0 Å². The van der Waals surface area contributed by atoms with E-state index in [1.807, 2.05) is 0 Å². The number of hydrogen-bond acceptors (Lipinski definition) is 2. The van der Waals surface area contributed by atoms with E-state index in [9.17, 15) is 9.59 Å². The van der Waals surface area contributed by atoms with Crippen LogP contribution in [-0.4, -0.2) is 34.5 Å². The predicted octanol–water partition coefficient (Wildman–Crippen LogP) is 1.42. The van der Waals surface area contributed by atoms with Gasteiger partial charge in [-0.3, -0.25) is 9.59 Å². The highest BCUT2D eigenvalue weighted by atomic mass is 16.4. The molecule has 1 fully saturated rings. The first-order valence-electron chi connectivity index (χ1n) is 5.84. The van der Waals surface area contributed by atoms with E-state index in [2.05, 4.69) is 12.2 Å². The molecule has 1 unspecified atom stereocenters. The van der Waals surface area contributed by atoms with E-state index >= 15 is 0 Å². The second kappa shape index (κ2) is 4.68. The molecule has 1 amide bonds. The third-order valence-corrected chi connectivity index (χ3v) is 3.16. The maximum atomic E-state index is 11.9. The minimum atomic E-state index is -0.915. The summed E-state index contributed by atoms with van der Waals surface area (Å²) in [6, 6.07) is 0.189. The SMILES string of the molecule is O=C(O)CN(C(=O)CC1C=CCC1)C1CC1. The number of amides is 1. The standard InChI is InChI=1S/C12H17NO3/c14-11(7-9-3-1-2-4-9)13(8-12(15)16)10-5-6-10/h1,3,9-10H,2,4-8H2,(H,15,16). The van der Waals surface area contributed by atoms with Crippen molar-refractivity contribution in [2.75, 3.05) is 6.54 Å². The second-order valence-electron chi connectivity index (χ2n) is 4.62. The summed E-state index contributed by atoms with van der Waals surface area (Å²) in [7, 11) is 0. The van der Waals surface area contributed by atoms with Gasteiger partial charge in [0, 0.05) is 12.5 Å². The zero-order valence-corrected chi connectivity index (χ0v) is 9.26. The average Bonchev–Trinajstić information content (AvgIpc) is 2.94. The molecule has 0 aromatic heterocycles. The number of carboxylic acids is 1. The van der Waals surface area contributed by atoms with Crippen LogP contribution in [-0.2, 0) is 9.59 Å². The lowest BCUT2D eigenvalue weighted by atomic mass is 10.0. The molecule has 4 nitrogen and oxygen atoms in total. The number of carbonyl (C=O) groups is 2. The van der Waals surface area contributed by atoms with Crippen molar-refractivity contribution in [1.29, 1.82) is 0 Å². The molecular weight excluding hydrogens is 206 g/mol. The number of carboxylic acid groups (broad SMARTS) is 1. The number of nitrogens with zero attached hydrogens (tertiary/aromatic N) is 1. The number of hydrogen-bond donors (Lipinski definition) is 1. The lowest BCUT2D eigenvalue weighted by Crippen LogP contribution is -2.38. The fourth-order valence-electron chi connectivity index (χ4n) is 2.16. The van der Waals surface area contributed by atoms with Gasteiger partial charge in [-0.25, -0.2) is 0 Å². The smallest absolute Gasteiger partial charge is 0.323 e. The van der Waals surface area contributed by atoms with E-state index in [-0.39, 0.29) is 18.5 Å². The van der Waals surface area contributed by atoms with Crippen LogP contribution in [0.3, 0.4) is 0 Å². The molecule has 0 bridgehead atoms. The van der Waals surface area contributed by atoms with E-state index in [0.717, 1.165) is 25.7 Å². The highest BCUT2D eigenvalue weighted by Gasteiger charge is 2.34. The number of allylic oxidation sites excluding steroid dienone is 2. The molecule has 1 saturated carbocycles. The van der Waals surface area contributed by atoms with Gasteiger partial charge in [-0.2, -0.15) is 0 Å². The number of rotatable bonds is 5. The minimum absolute atomic E-state index is 0.00134. The number of carbonyl (C=O) groups excluding carboxylic acids is 1. The van der Waals surface area contributed by atoms with Crippen LogP contribution in [0.1, 0.15) is 32.1 Å². The van der Waals surface area contributed by atoms with Crippen LogP contribution in [0.25, 0.3) is 0 Å². The second-order valence-corrected chi connectivity index (χ2v) is 4.62. The molecule has 0 aromatic rings. The fourth-order valence-corrected chi connectivity index (χ4v) is 2.16. The van der Waals surface area contributed by atoms with Gasteiger partial charge in [-0.1, -0.05) is 12.2 Å². The van der Waals surface area contributed by atoms with Crippen LogP contribution in [0, 0.1) is 5.92 Å². The lowest BCUT2D eigenvalue weighted by Gasteiger charge is -2.21. The molecule has 0 saturated heterocycles. The zero-order valence-electron chi connectivity index (χ0n) is 9.26. The maximum Gasteiger partial charge on any atom is 0.323 e. The summed E-state index contributed by atoms with van der Waals surface area (Å²) in [6.45, 7) is -0.139. The molecule has 2 aliphatic carbocycles. The van der Waals surface area contributed by atoms with Gasteiger partial charge in [0.25, 0.3) is 0 Å². The Morgan fingerprint density at radius 3 is 2.56 bits per heavy atom. The Labute approximate surface area is 94.9 Å². The topological polar surface area (TPSA) is 57.6 Å². The summed E-state index contributed by atoms with van der Waals surface area (Å²) in [5.74, 6) is -0.591. The largest absolute Gasteiger partial charge is 0.480 e. The maximum absolute atomic E-state index is 11.9. The first-order valence-corrected chi connectivity index (χ1v) is 5.84. The quantitative estimate of drug-likeness (QED) is 0.717. The van der Waals surface area contributed by atoms with Crippen molar-refractivity contribution in [3.8, 4) is 0 Å². The molecule has 0 spiro atoms. The molecule has 0 heterocycles. The number of aliphatic carboxylic acids is 1. The summed E-state index contributed by atoms with van der Waals surface area (Å²) in [5.41, 5.74) is 0. The average molecular weight is 223 g/mol. The highest BCUT2D eigenvalue weighted by molar-refractivity contribution is 5.82. The van der Waals surface area contributed by atoms with Crippen molar-refractivity contribution in [2.24, 2.45) is 5.92 Å². The third-order valence-electron chi connectivity index (χ3n) is 3.16. The van der Waals surface area contributed by atoms with E-state index < -0.39 is 5.97 Å². The zero-order chi connectivity index (χ0) is 11.5. The first-order chi connectivity index (χ1) is 7.66. The lowest BCUT2D eigenvalue weighted by molar-refractivity contribution is -0.145. The molecule has 88 valence electrons. The fraction of sp³-hybridized carbons (Fsp3) is 0.667. The van der Waals surface area contributed by atoms with Gasteiger partial charge in [-0.05, 0) is 31.6 Å². The van der Waals surface area contributed by atoms with Gasteiger partial charge in [0.2, 0.25) is 5.91 Å². The summed E-state index contributed by atoms with van der Waals surface area (Å²) < 4.78 is 0. The van der Waals surface area contributed by atoms with Crippen molar-refractivity contribution in [3.05, 3.63) is 12.2 Å². The Kier molecular flexibility index (Phi) is 3.27. The van der Waals surface area contributed by atoms with Crippen LogP contribution in [0.15, 0.2) is 12.2 Å². The molecule has 1 atom stereocenters. The molecule has 0 radical (unpaired) electrons. The third kappa shape index (κ3) is 2.84. The molecular formula is C12H17NO3. The Hall–Kier alpha value is -1.32. The summed E-state index contributed by atoms with van der Waals surface area (Å²) in [4.78, 5) is 24.2. The van der Waals surface area contributed by atoms with Crippen molar-refractivity contribution in [3.63, 3.8) is 0 Å². The van der Waals surface area contributed by atoms with Crippen LogP contribution in [0.5, 0.6) is 0 Å². The van der Waals surface area contributed by atoms with Gasteiger partial charge in [-0.15, -0.1) is 0 Å². The van der Waals surface area contributed by atoms with Crippen molar-refractivity contribution < 1.29 is 14.7 Å². The Bertz CT molecular complexity index is 320. The predicted molar refractivity (Wildman–Crippen MR) is 58.9 cm³/mol. The summed E-state index contributed by atoms with van der Waals surface area (Å²) in [5, 5.41) is 8.76. The molecule has 2 rings (SSSR count).